The number of nitrogens with one attached hydrogen (secondary N) is 8. The first-order valence-corrected chi connectivity index (χ1v) is 38.2. The van der Waals surface area contributed by atoms with E-state index in [0.717, 1.165) is 32.8 Å². The van der Waals surface area contributed by atoms with E-state index >= 15 is 0 Å². The van der Waals surface area contributed by atoms with Crippen LogP contribution in [0.1, 0.15) is 215 Å². The van der Waals surface area contributed by atoms with Crippen LogP contribution in [0.5, 0.6) is 0 Å². The Bertz CT molecular complexity index is 2280. The molecule has 0 aromatic rings. The summed E-state index contributed by atoms with van der Waals surface area (Å²) in [5.41, 5.74) is 3.98. The number of carbonyl (C=O) groups is 8. The number of unbranched alkanes of at least 4 members (excludes halogenated alkanes) is 3. The zero-order valence-electron chi connectivity index (χ0n) is 62.5. The van der Waals surface area contributed by atoms with Gasteiger partial charge in [0.15, 0.2) is 18.9 Å². The van der Waals surface area contributed by atoms with Crippen LogP contribution in [0.2, 0.25) is 0 Å². The molecule has 112 heavy (non-hydrogen) atoms. The van der Waals surface area contributed by atoms with Gasteiger partial charge in [-0.3, -0.25) is 47.4 Å². The van der Waals surface area contributed by atoms with Gasteiger partial charge in [0.25, 0.3) is 0 Å². The van der Waals surface area contributed by atoms with Crippen LogP contribution in [-0.4, -0.2) is 297 Å². The molecule has 0 bridgehead atoms. The first-order valence-electron chi connectivity index (χ1n) is 36.7. The van der Waals surface area contributed by atoms with E-state index in [4.69, 9.17) is 43.8 Å². The molecule has 3 rings (SSSR count). The van der Waals surface area contributed by atoms with Crippen LogP contribution in [0, 0.1) is 17.8 Å². The number of nitrogens with two attached hydrogens (primary N) is 1. The van der Waals surface area contributed by atoms with Crippen molar-refractivity contribution in [2.45, 2.75) is 294 Å². The number of aliphatic hydroxyl groups is 9. The summed E-state index contributed by atoms with van der Waals surface area (Å²) >= 11 is 0. The van der Waals surface area contributed by atoms with Crippen LogP contribution in [-0.2, 0) is 85.1 Å². The molecule has 20 N–H and O–H groups in total. The van der Waals surface area contributed by atoms with Crippen molar-refractivity contribution in [1.29, 1.82) is 0 Å². The number of phosphoric ester groups is 1. The van der Waals surface area contributed by atoms with E-state index in [2.05, 4.69) is 51.6 Å². The van der Waals surface area contributed by atoms with E-state index in [1.165, 1.54) is 0 Å². The van der Waals surface area contributed by atoms with E-state index in [-0.39, 0.29) is 218 Å². The zero-order chi connectivity index (χ0) is 78.8. The molecule has 3 aliphatic heterocycles. The number of carbonyl (C=O) groups excluding carboxylic acids is 8. The summed E-state index contributed by atoms with van der Waals surface area (Å²) in [5, 5.41) is 112. The normalized spacial score (nSPS) is 23.8. The third-order valence-corrected chi connectivity index (χ3v) is 18.5. The van der Waals surface area contributed by atoms with Gasteiger partial charge in [-0.2, -0.15) is 0 Å². The molecule has 3 saturated heterocycles. The van der Waals surface area contributed by atoms with Gasteiger partial charge in [0.1, 0.15) is 36.6 Å². The molecule has 0 saturated carbocycles. The highest BCUT2D eigenvalue weighted by Crippen LogP contribution is 2.42. The highest BCUT2D eigenvalue weighted by Gasteiger charge is 2.45. The van der Waals surface area contributed by atoms with Gasteiger partial charge in [0.2, 0.25) is 47.3 Å². The lowest BCUT2D eigenvalue weighted by molar-refractivity contribution is -0.282. The maximum absolute atomic E-state index is 13.8. The molecule has 38 heteroatoms. The van der Waals surface area contributed by atoms with Crippen LogP contribution >= 0.6 is 7.82 Å². The lowest BCUT2D eigenvalue weighted by Crippen LogP contribution is -2.55. The van der Waals surface area contributed by atoms with Gasteiger partial charge in [-0.15, -0.1) is 0 Å². The first-order chi connectivity index (χ1) is 50.1. The third kappa shape index (κ3) is 50.6. The minimum absolute atomic E-state index is 0. The van der Waals surface area contributed by atoms with Crippen molar-refractivity contribution in [3.05, 3.63) is 0 Å². The second kappa shape index (κ2) is 70.4. The van der Waals surface area contributed by atoms with Gasteiger partial charge in [-0.1, -0.05) is 99.4 Å². The number of methoxy groups -OCH3 is 1. The largest absolute Gasteiger partial charge is 0.471 e. The number of hydrogen-bond acceptors (Lipinski definition) is 28. The number of ether oxygens (including phenoxy) is 7. The molecular formula is C74H156N9O28P. The predicted molar refractivity (Wildman–Crippen MR) is 425 cm³/mol. The van der Waals surface area contributed by atoms with Gasteiger partial charge in [0.05, 0.1) is 83.8 Å². The fraction of sp³-hybridized carbons (Fsp3) is 0.892. The van der Waals surface area contributed by atoms with Crippen LogP contribution < -0.4 is 48.3 Å². The molecular weight excluding hydrogens is 1490 g/mol. The molecule has 3 aliphatic rings. The van der Waals surface area contributed by atoms with Gasteiger partial charge >= 0.3 is 7.82 Å². The van der Waals surface area contributed by atoms with Crippen LogP contribution in [0.15, 0.2) is 0 Å². The van der Waals surface area contributed by atoms with Crippen molar-refractivity contribution in [2.75, 3.05) is 119 Å². The molecule has 0 spiro atoms. The van der Waals surface area contributed by atoms with E-state index < -0.39 is 148 Å². The van der Waals surface area contributed by atoms with Crippen LogP contribution in [0.3, 0.4) is 0 Å². The van der Waals surface area contributed by atoms with Crippen molar-refractivity contribution >= 4 is 55.1 Å². The monoisotopic (exact) mass is 1650 g/mol. The highest BCUT2D eigenvalue weighted by atomic mass is 31.2. The average molecular weight is 1650 g/mol. The smallest absolute Gasteiger partial charge is 0.394 e. The Hall–Kier alpha value is -4.81. The van der Waals surface area contributed by atoms with Crippen molar-refractivity contribution in [3.8, 4) is 0 Å². The average Bonchev–Trinajstić information content (AvgIpc) is 0.834. The number of phosphoric acid groups is 1. The molecule has 0 radical (unpaired) electrons. The zero-order valence-corrected chi connectivity index (χ0v) is 63.4. The SMILES string of the molecule is C.C.C.C.C.C.C.CC.COCCCNC(=O)CCCC(=O)NC(CCC(=O)NCCCNC(=O)CCO[C@@H]1OC(CO)[C@H](O)[C@H](O)C1C)(CCC(=O)NCCCNC(=O)CCO[C@@H]1OC(CO)[C@H](O)[C@H](O)C1C)CCC(=O)NCCCNC(=O)CCO[C@@H]1OC(CO)[C@H](O)[C@H](O)C1C.COP(=O)(O)OCCCCCCN. The molecule has 3 heterocycles. The molecule has 0 aromatic heterocycles. The van der Waals surface area contributed by atoms with Crippen molar-refractivity contribution in [2.24, 2.45) is 23.5 Å². The summed E-state index contributed by atoms with van der Waals surface area (Å²) in [7, 11) is -1.06. The molecule has 7 unspecified atom stereocenters. The van der Waals surface area contributed by atoms with Crippen molar-refractivity contribution in [3.63, 3.8) is 0 Å². The summed E-state index contributed by atoms with van der Waals surface area (Å²) in [4.78, 5) is 113. The summed E-state index contributed by atoms with van der Waals surface area (Å²) in [5.74, 6) is -5.06. The second-order valence-electron chi connectivity index (χ2n) is 25.8. The van der Waals surface area contributed by atoms with Crippen molar-refractivity contribution in [1.82, 2.24) is 42.5 Å². The van der Waals surface area contributed by atoms with Crippen molar-refractivity contribution < 1.29 is 136 Å². The van der Waals surface area contributed by atoms with E-state index in [1.807, 2.05) is 13.8 Å². The number of hydrogen-bond donors (Lipinski definition) is 19. The Labute approximate surface area is 668 Å². The minimum atomic E-state index is -3.75. The minimum Gasteiger partial charge on any atom is -0.394 e. The summed E-state index contributed by atoms with van der Waals surface area (Å²) in [6.45, 7) is 9.66. The number of rotatable bonds is 53. The molecule has 8 amide bonds. The molecule has 670 valence electrons. The van der Waals surface area contributed by atoms with E-state index in [1.54, 1.807) is 27.9 Å². The van der Waals surface area contributed by atoms with E-state index in [9.17, 15) is 88.9 Å². The lowest BCUT2D eigenvalue weighted by Gasteiger charge is -2.40. The summed E-state index contributed by atoms with van der Waals surface area (Å²) in [6, 6.07) is 0. The van der Waals surface area contributed by atoms with Gasteiger partial charge in [-0.05, 0) is 70.8 Å². The predicted octanol–water partition coefficient (Wildman–Crippen LogP) is 1.57. The van der Waals surface area contributed by atoms with Gasteiger partial charge in [-0.25, -0.2) is 4.57 Å². The standard InChI is InChI=1S/C58H104N8O24.C7H18NO4P.C2H6.7CH4/c1-35-49(78)52(81)38(32-67)88-55(35)85-29-15-45(74)62-24-6-21-59-42(71)12-18-58(66-48(77)11-5-10-41(70)65-27-9-28-84-4,19-13-43(72)60-22-7-25-63-46(75)16-30-86-56-36(2)50(79)53(82)39(33-68)89-56)20-14-44(73)61-23-8-26-64-47(76)17-31-87-57-37(3)51(80)54(83)40(34-69)90-57;1-11-13(9,10)12-7-5-3-2-4-6-8;1-2;;;;;;;/h35-40,49-57,67-69,78-83H,5-34H2,1-4H3,(H,59,71)(H,60,72)(H,61,73)(H,62,74)(H,63,75)(H,64,76)(H,65,70)(H,66,77);2-8H2,1H3,(H,9,10);1-2H3;7*1H4/t35?,36?,37?,38?,39?,40?,49-,50-,51-,52+,53+,54+,55-,56-,57-,58?;;;;;;;;;/m1........./s1. The first kappa shape index (κ1) is 120. The third-order valence-electron chi connectivity index (χ3n) is 17.5. The highest BCUT2D eigenvalue weighted by molar-refractivity contribution is 7.47. The lowest BCUT2D eigenvalue weighted by atomic mass is 9.82. The topological polar surface area (TPSA) is 561 Å². The molecule has 0 aromatic carbocycles. The van der Waals surface area contributed by atoms with Gasteiger partial charge < -0.3 is 132 Å². The molecule has 37 nitrogen and oxygen atoms in total. The second-order valence-corrected chi connectivity index (χ2v) is 27.3. The molecule has 16 atom stereocenters. The molecule has 0 aliphatic carbocycles. The summed E-state index contributed by atoms with van der Waals surface area (Å²) in [6.07, 6.45) is -9.00. The van der Waals surface area contributed by atoms with Crippen LogP contribution in [0.4, 0.5) is 0 Å². The maximum Gasteiger partial charge on any atom is 0.471 e. The number of amides is 8. The Kier molecular flexibility index (Phi) is 75.7. The van der Waals surface area contributed by atoms with Gasteiger partial charge in [0, 0.05) is 122 Å². The number of aliphatic hydroxyl groups excluding tert-OH is 9. The quantitative estimate of drug-likeness (QED) is 0.0303. The Morgan fingerprint density at radius 1 is 0.384 bits per heavy atom. The summed E-state index contributed by atoms with van der Waals surface area (Å²) < 4.78 is 58.1. The Balaban J connectivity index is -0.000000906. The maximum atomic E-state index is 13.8. The van der Waals surface area contributed by atoms with Crippen LogP contribution in [0.25, 0.3) is 0 Å². The van der Waals surface area contributed by atoms with E-state index in [0.29, 0.717) is 45.4 Å². The fourth-order valence-corrected chi connectivity index (χ4v) is 11.4. The Morgan fingerprint density at radius 2 is 0.670 bits per heavy atom. The Morgan fingerprint density at radius 3 is 0.964 bits per heavy atom. The molecule has 3 fully saturated rings. The fourth-order valence-electron chi connectivity index (χ4n) is 11.0.